The van der Waals surface area contributed by atoms with Gasteiger partial charge in [0.25, 0.3) is 0 Å². The molecule has 140 valence electrons. The highest BCUT2D eigenvalue weighted by Gasteiger charge is 2.36. The number of aromatic nitrogens is 4. The van der Waals surface area contributed by atoms with Gasteiger partial charge in [0, 0.05) is 19.0 Å². The Morgan fingerprint density at radius 1 is 1.26 bits per heavy atom. The maximum atomic E-state index is 12.6. The topological polar surface area (TPSA) is 63.9 Å². The third kappa shape index (κ3) is 3.60. The van der Waals surface area contributed by atoms with E-state index in [0.29, 0.717) is 24.3 Å². The van der Waals surface area contributed by atoms with Crippen molar-refractivity contribution in [2.24, 2.45) is 0 Å². The van der Waals surface area contributed by atoms with Crippen LogP contribution < -0.4 is 0 Å². The van der Waals surface area contributed by atoms with Gasteiger partial charge in [-0.15, -0.1) is 21.5 Å². The molecule has 0 atom stereocenters. The van der Waals surface area contributed by atoms with Crippen molar-refractivity contribution in [1.82, 2.24) is 24.6 Å². The van der Waals surface area contributed by atoms with Crippen LogP contribution in [0.5, 0.6) is 0 Å². The largest absolute Gasteiger partial charge is 0.338 e. The number of hydrogen-bond donors (Lipinski definition) is 0. The fraction of sp³-hybridized carbons (Fsp3) is 0.474. The summed E-state index contributed by atoms with van der Waals surface area (Å²) >= 11 is 3.16. The summed E-state index contributed by atoms with van der Waals surface area (Å²) < 4.78 is 3.45. The first-order valence-corrected chi connectivity index (χ1v) is 11.2. The smallest absolute Gasteiger partial charge is 0.233 e. The summed E-state index contributed by atoms with van der Waals surface area (Å²) in [6, 6.07) is 8.63. The normalized spacial score (nSPS) is 16.8. The van der Waals surface area contributed by atoms with Crippen molar-refractivity contribution < 1.29 is 4.79 Å². The molecular formula is C19H21N5OS2. The van der Waals surface area contributed by atoms with E-state index in [1.54, 1.807) is 16.2 Å². The highest BCUT2D eigenvalue weighted by atomic mass is 32.2. The van der Waals surface area contributed by atoms with Crippen LogP contribution in [0.4, 0.5) is 0 Å². The van der Waals surface area contributed by atoms with Crippen LogP contribution in [0.3, 0.4) is 0 Å². The SMILES string of the molecule is CN(Cc1nc2ccccc2s1)C(=O)CSc1nnc(C2CC2)n1C1CC1. The van der Waals surface area contributed by atoms with E-state index in [2.05, 4.69) is 25.8 Å². The maximum Gasteiger partial charge on any atom is 0.233 e. The van der Waals surface area contributed by atoms with Gasteiger partial charge in [0.1, 0.15) is 10.8 Å². The lowest BCUT2D eigenvalue weighted by Crippen LogP contribution is -2.27. The Kier molecular flexibility index (Phi) is 4.40. The predicted octanol–water partition coefficient (Wildman–Crippen LogP) is 3.85. The van der Waals surface area contributed by atoms with E-state index >= 15 is 0 Å². The Balaban J connectivity index is 1.23. The zero-order valence-electron chi connectivity index (χ0n) is 15.2. The number of carbonyl (C=O) groups excluding carboxylic acids is 1. The van der Waals surface area contributed by atoms with E-state index in [9.17, 15) is 4.79 Å². The number of carbonyl (C=O) groups is 1. The van der Waals surface area contributed by atoms with Gasteiger partial charge in [-0.2, -0.15) is 0 Å². The summed E-state index contributed by atoms with van der Waals surface area (Å²) in [6.45, 7) is 0.543. The molecule has 5 rings (SSSR count). The number of para-hydroxylation sites is 1. The molecule has 3 aromatic rings. The van der Waals surface area contributed by atoms with Crippen LogP contribution >= 0.6 is 23.1 Å². The monoisotopic (exact) mass is 399 g/mol. The fourth-order valence-electron chi connectivity index (χ4n) is 3.20. The first-order valence-electron chi connectivity index (χ1n) is 9.35. The van der Waals surface area contributed by atoms with E-state index in [-0.39, 0.29) is 5.91 Å². The van der Waals surface area contributed by atoms with Crippen LogP contribution in [0.1, 0.15) is 48.5 Å². The van der Waals surface area contributed by atoms with E-state index in [0.717, 1.165) is 26.2 Å². The van der Waals surface area contributed by atoms with Crippen molar-refractivity contribution in [2.75, 3.05) is 12.8 Å². The number of hydrogen-bond acceptors (Lipinski definition) is 6. The van der Waals surface area contributed by atoms with Gasteiger partial charge in [-0.1, -0.05) is 23.9 Å². The summed E-state index contributed by atoms with van der Waals surface area (Å²) in [7, 11) is 1.84. The summed E-state index contributed by atoms with van der Waals surface area (Å²) in [4.78, 5) is 19.0. The van der Waals surface area contributed by atoms with Crippen LogP contribution in [-0.4, -0.2) is 43.4 Å². The molecule has 2 fully saturated rings. The number of amides is 1. The Labute approximate surface area is 166 Å². The van der Waals surface area contributed by atoms with Crippen LogP contribution in [0.15, 0.2) is 29.4 Å². The van der Waals surface area contributed by atoms with Gasteiger partial charge in [-0.05, 0) is 37.8 Å². The summed E-state index contributed by atoms with van der Waals surface area (Å²) in [5.41, 5.74) is 0.998. The van der Waals surface area contributed by atoms with Gasteiger partial charge in [-0.3, -0.25) is 4.79 Å². The lowest BCUT2D eigenvalue weighted by atomic mass is 10.3. The molecule has 6 nitrogen and oxygen atoms in total. The summed E-state index contributed by atoms with van der Waals surface area (Å²) in [5, 5.41) is 10.7. The molecule has 0 radical (unpaired) electrons. The summed E-state index contributed by atoms with van der Waals surface area (Å²) in [6.07, 6.45) is 4.85. The highest BCUT2D eigenvalue weighted by molar-refractivity contribution is 7.99. The predicted molar refractivity (Wildman–Crippen MR) is 107 cm³/mol. The van der Waals surface area contributed by atoms with E-state index < -0.39 is 0 Å². The van der Waals surface area contributed by atoms with Gasteiger partial charge in [0.05, 0.1) is 22.5 Å². The van der Waals surface area contributed by atoms with Crippen molar-refractivity contribution in [1.29, 1.82) is 0 Å². The third-order valence-corrected chi connectivity index (χ3v) is 6.96. The zero-order valence-corrected chi connectivity index (χ0v) is 16.8. The van der Waals surface area contributed by atoms with Crippen molar-refractivity contribution in [3.05, 3.63) is 35.1 Å². The summed E-state index contributed by atoms with van der Waals surface area (Å²) in [5.74, 6) is 2.20. The quantitative estimate of drug-likeness (QED) is 0.565. The van der Waals surface area contributed by atoms with E-state index in [4.69, 9.17) is 0 Å². The molecule has 2 heterocycles. The molecule has 0 N–H and O–H groups in total. The number of nitrogens with zero attached hydrogens (tertiary/aromatic N) is 5. The average molecular weight is 400 g/mol. The number of benzene rings is 1. The number of thiazole rings is 1. The zero-order chi connectivity index (χ0) is 18.4. The second kappa shape index (κ2) is 6.91. The standard InChI is InChI=1S/C19H21N5OS2/c1-23(10-16-20-14-4-2-3-5-15(14)27-16)17(25)11-26-19-22-21-18(12-6-7-12)24(19)13-8-9-13/h2-5,12-13H,6-11H2,1H3. The molecule has 2 saturated carbocycles. The van der Waals surface area contributed by atoms with E-state index in [1.807, 2.05) is 25.2 Å². The Morgan fingerprint density at radius 3 is 2.81 bits per heavy atom. The number of fused-ring (bicyclic) bond motifs is 1. The lowest BCUT2D eigenvalue weighted by molar-refractivity contribution is -0.127. The molecule has 27 heavy (non-hydrogen) atoms. The fourth-order valence-corrected chi connectivity index (χ4v) is 5.17. The molecule has 0 saturated heterocycles. The number of thioether (sulfide) groups is 1. The van der Waals surface area contributed by atoms with Gasteiger partial charge in [-0.25, -0.2) is 4.98 Å². The van der Waals surface area contributed by atoms with Crippen molar-refractivity contribution in [3.8, 4) is 0 Å². The number of rotatable bonds is 7. The van der Waals surface area contributed by atoms with Crippen LogP contribution in [0.2, 0.25) is 0 Å². The first-order chi connectivity index (χ1) is 13.2. The highest BCUT2D eigenvalue weighted by Crippen LogP contribution is 2.46. The molecule has 1 amide bonds. The second-order valence-corrected chi connectivity index (χ2v) is 9.39. The molecule has 0 spiro atoms. The van der Waals surface area contributed by atoms with Gasteiger partial charge in [0.2, 0.25) is 5.91 Å². The Morgan fingerprint density at radius 2 is 2.07 bits per heavy atom. The van der Waals surface area contributed by atoms with Gasteiger partial charge in [0.15, 0.2) is 5.16 Å². The molecule has 2 aliphatic carbocycles. The molecule has 0 aliphatic heterocycles. The van der Waals surface area contributed by atoms with Crippen LogP contribution in [-0.2, 0) is 11.3 Å². The van der Waals surface area contributed by atoms with Crippen molar-refractivity contribution in [2.45, 2.75) is 49.3 Å². The van der Waals surface area contributed by atoms with Crippen LogP contribution in [0, 0.1) is 0 Å². The third-order valence-electron chi connectivity index (χ3n) is 5.01. The Bertz CT molecular complexity index is 956. The minimum Gasteiger partial charge on any atom is -0.338 e. The Hall–Kier alpha value is -1.93. The molecule has 1 aromatic carbocycles. The molecule has 8 heteroatoms. The van der Waals surface area contributed by atoms with Crippen LogP contribution in [0.25, 0.3) is 10.2 Å². The van der Waals surface area contributed by atoms with Crippen molar-refractivity contribution >= 4 is 39.2 Å². The van der Waals surface area contributed by atoms with Gasteiger partial charge >= 0.3 is 0 Å². The molecule has 0 unspecified atom stereocenters. The lowest BCUT2D eigenvalue weighted by Gasteiger charge is -2.15. The minimum atomic E-state index is 0.0950. The van der Waals surface area contributed by atoms with Gasteiger partial charge < -0.3 is 9.47 Å². The average Bonchev–Trinajstić information content (AvgIpc) is 3.60. The maximum absolute atomic E-state index is 12.6. The minimum absolute atomic E-state index is 0.0950. The second-order valence-electron chi connectivity index (χ2n) is 7.33. The molecule has 0 bridgehead atoms. The van der Waals surface area contributed by atoms with E-state index in [1.165, 1.54) is 37.4 Å². The first kappa shape index (κ1) is 17.2. The van der Waals surface area contributed by atoms with Crippen molar-refractivity contribution in [3.63, 3.8) is 0 Å². The molecule has 2 aromatic heterocycles. The molecular weight excluding hydrogens is 378 g/mol. The molecule has 2 aliphatic rings.